The number of benzene rings is 1. The van der Waals surface area contributed by atoms with E-state index in [9.17, 15) is 9.59 Å². The van der Waals surface area contributed by atoms with Crippen molar-refractivity contribution < 1.29 is 14.3 Å². The molecule has 1 aromatic heterocycles. The lowest BCUT2D eigenvalue weighted by Crippen LogP contribution is -2.48. The standard InChI is InChI=1S/C21H27N3O3S/c1-15-4-6-17(7-5-15)13-23-8-10-24(11-9-23)14-19(25)22-20-18(21(26)27-3)12-16(2)28-20/h4-7,12H,8-11,13-14H2,1-3H3,(H,22,25). The molecule has 1 N–H and O–H groups in total. The Morgan fingerprint density at radius 2 is 1.71 bits per heavy atom. The van der Waals surface area contributed by atoms with Crippen LogP contribution >= 0.6 is 11.3 Å². The van der Waals surface area contributed by atoms with Crippen LogP contribution in [-0.4, -0.2) is 61.5 Å². The van der Waals surface area contributed by atoms with Gasteiger partial charge >= 0.3 is 5.97 Å². The zero-order chi connectivity index (χ0) is 20.1. The number of carbonyl (C=O) groups excluding carboxylic acids is 2. The maximum absolute atomic E-state index is 12.4. The van der Waals surface area contributed by atoms with Crippen LogP contribution in [0.25, 0.3) is 0 Å². The Morgan fingerprint density at radius 1 is 1.07 bits per heavy atom. The molecule has 2 aromatic rings. The number of rotatable bonds is 6. The van der Waals surface area contributed by atoms with E-state index in [4.69, 9.17) is 4.74 Å². The minimum absolute atomic E-state index is 0.0982. The third-order valence-corrected chi connectivity index (χ3v) is 5.84. The molecule has 1 amide bonds. The Kier molecular flexibility index (Phi) is 6.83. The van der Waals surface area contributed by atoms with E-state index in [0.717, 1.165) is 37.6 Å². The number of amides is 1. The lowest BCUT2D eigenvalue weighted by Gasteiger charge is -2.34. The molecule has 0 spiro atoms. The van der Waals surface area contributed by atoms with Crippen LogP contribution in [0.5, 0.6) is 0 Å². The maximum Gasteiger partial charge on any atom is 0.340 e. The normalized spacial score (nSPS) is 15.4. The number of anilines is 1. The zero-order valence-corrected chi connectivity index (χ0v) is 17.5. The molecule has 1 saturated heterocycles. The highest BCUT2D eigenvalue weighted by Gasteiger charge is 2.21. The van der Waals surface area contributed by atoms with Crippen LogP contribution in [0.4, 0.5) is 5.00 Å². The number of thiophene rings is 1. The number of nitrogens with zero attached hydrogens (tertiary/aromatic N) is 2. The third kappa shape index (κ3) is 5.41. The summed E-state index contributed by atoms with van der Waals surface area (Å²) in [5, 5.41) is 3.44. The Bertz CT molecular complexity index is 824. The monoisotopic (exact) mass is 401 g/mol. The summed E-state index contributed by atoms with van der Waals surface area (Å²) in [6.45, 7) is 8.85. The van der Waals surface area contributed by atoms with E-state index < -0.39 is 5.97 Å². The van der Waals surface area contributed by atoms with E-state index in [1.54, 1.807) is 6.07 Å². The second-order valence-electron chi connectivity index (χ2n) is 7.18. The van der Waals surface area contributed by atoms with E-state index in [1.165, 1.54) is 29.6 Å². The highest BCUT2D eigenvalue weighted by molar-refractivity contribution is 7.16. The molecule has 2 heterocycles. The molecule has 28 heavy (non-hydrogen) atoms. The number of hydrogen-bond acceptors (Lipinski definition) is 6. The van der Waals surface area contributed by atoms with Crippen LogP contribution < -0.4 is 5.32 Å². The SMILES string of the molecule is COC(=O)c1cc(C)sc1NC(=O)CN1CCN(Cc2ccc(C)cc2)CC1. The van der Waals surface area contributed by atoms with Crippen molar-refractivity contribution in [1.82, 2.24) is 9.80 Å². The summed E-state index contributed by atoms with van der Waals surface area (Å²) in [4.78, 5) is 29.8. The molecule has 0 atom stereocenters. The molecule has 0 saturated carbocycles. The highest BCUT2D eigenvalue weighted by atomic mass is 32.1. The molecule has 1 aromatic carbocycles. The second kappa shape index (κ2) is 9.32. The number of esters is 1. The van der Waals surface area contributed by atoms with Gasteiger partial charge < -0.3 is 10.1 Å². The van der Waals surface area contributed by atoms with Crippen LogP contribution in [-0.2, 0) is 16.1 Å². The van der Waals surface area contributed by atoms with Crippen molar-refractivity contribution in [3.8, 4) is 0 Å². The number of ether oxygens (including phenoxy) is 1. The average Bonchev–Trinajstić information content (AvgIpc) is 3.04. The lowest BCUT2D eigenvalue weighted by atomic mass is 10.1. The maximum atomic E-state index is 12.4. The van der Waals surface area contributed by atoms with Crippen molar-refractivity contribution >= 4 is 28.2 Å². The number of methoxy groups -OCH3 is 1. The molecule has 150 valence electrons. The van der Waals surface area contributed by atoms with Gasteiger partial charge in [0.2, 0.25) is 5.91 Å². The van der Waals surface area contributed by atoms with Gasteiger partial charge in [-0.05, 0) is 25.5 Å². The summed E-state index contributed by atoms with van der Waals surface area (Å²) >= 11 is 1.39. The van der Waals surface area contributed by atoms with Crippen molar-refractivity contribution in [2.45, 2.75) is 20.4 Å². The molecular weight excluding hydrogens is 374 g/mol. The van der Waals surface area contributed by atoms with Crippen LogP contribution in [0.15, 0.2) is 30.3 Å². The van der Waals surface area contributed by atoms with E-state index >= 15 is 0 Å². The first-order chi connectivity index (χ1) is 13.4. The van der Waals surface area contributed by atoms with Gasteiger partial charge in [-0.3, -0.25) is 14.6 Å². The van der Waals surface area contributed by atoms with Gasteiger partial charge in [0, 0.05) is 37.6 Å². The average molecular weight is 402 g/mol. The van der Waals surface area contributed by atoms with Crippen molar-refractivity contribution in [3.05, 3.63) is 51.9 Å². The fraction of sp³-hybridized carbons (Fsp3) is 0.429. The molecule has 6 nitrogen and oxygen atoms in total. The Balaban J connectivity index is 1.47. The molecule has 0 bridgehead atoms. The molecule has 1 fully saturated rings. The number of piperazine rings is 1. The van der Waals surface area contributed by atoms with Crippen molar-refractivity contribution in [1.29, 1.82) is 0 Å². The Morgan fingerprint density at radius 3 is 2.36 bits per heavy atom. The summed E-state index contributed by atoms with van der Waals surface area (Å²) in [7, 11) is 1.34. The largest absolute Gasteiger partial charge is 0.465 e. The van der Waals surface area contributed by atoms with Crippen LogP contribution in [0, 0.1) is 13.8 Å². The highest BCUT2D eigenvalue weighted by Crippen LogP contribution is 2.28. The van der Waals surface area contributed by atoms with Gasteiger partial charge in [0.25, 0.3) is 0 Å². The van der Waals surface area contributed by atoms with Crippen LogP contribution in [0.2, 0.25) is 0 Å². The van der Waals surface area contributed by atoms with E-state index in [-0.39, 0.29) is 5.91 Å². The van der Waals surface area contributed by atoms with Crippen LogP contribution in [0.1, 0.15) is 26.4 Å². The number of aryl methyl sites for hydroxylation is 2. The minimum atomic E-state index is -0.427. The summed E-state index contributed by atoms with van der Waals surface area (Å²) in [6.07, 6.45) is 0. The summed E-state index contributed by atoms with van der Waals surface area (Å²) in [5.41, 5.74) is 3.01. The molecule has 0 radical (unpaired) electrons. The quantitative estimate of drug-likeness (QED) is 0.754. The lowest BCUT2D eigenvalue weighted by molar-refractivity contribution is -0.117. The van der Waals surface area contributed by atoms with E-state index in [2.05, 4.69) is 46.3 Å². The fourth-order valence-electron chi connectivity index (χ4n) is 3.30. The summed E-state index contributed by atoms with van der Waals surface area (Å²) in [6, 6.07) is 10.4. The smallest absolute Gasteiger partial charge is 0.340 e. The fourth-order valence-corrected chi connectivity index (χ4v) is 4.21. The topological polar surface area (TPSA) is 61.9 Å². The number of nitrogens with one attached hydrogen (secondary N) is 1. The van der Waals surface area contributed by atoms with Crippen LogP contribution in [0.3, 0.4) is 0 Å². The predicted molar refractivity (Wildman–Crippen MR) is 112 cm³/mol. The molecule has 0 unspecified atom stereocenters. The zero-order valence-electron chi connectivity index (χ0n) is 16.7. The van der Waals surface area contributed by atoms with E-state index in [0.29, 0.717) is 17.1 Å². The first-order valence-electron chi connectivity index (χ1n) is 9.43. The van der Waals surface area contributed by atoms with E-state index in [1.807, 2.05) is 6.92 Å². The van der Waals surface area contributed by atoms with Crippen molar-refractivity contribution in [2.75, 3.05) is 45.2 Å². The van der Waals surface area contributed by atoms with Gasteiger partial charge in [0.15, 0.2) is 0 Å². The molecule has 1 aliphatic heterocycles. The number of hydrogen-bond donors (Lipinski definition) is 1. The Labute approximate surface area is 170 Å². The molecule has 1 aliphatic rings. The van der Waals surface area contributed by atoms with Gasteiger partial charge in [-0.2, -0.15) is 0 Å². The van der Waals surface area contributed by atoms with Crippen molar-refractivity contribution in [2.24, 2.45) is 0 Å². The first-order valence-corrected chi connectivity index (χ1v) is 10.2. The van der Waals surface area contributed by atoms with Gasteiger partial charge in [-0.25, -0.2) is 4.79 Å². The number of carbonyl (C=O) groups is 2. The molecule has 3 rings (SSSR count). The summed E-state index contributed by atoms with van der Waals surface area (Å²) in [5.74, 6) is -0.525. The molecule has 7 heteroatoms. The summed E-state index contributed by atoms with van der Waals surface area (Å²) < 4.78 is 4.79. The minimum Gasteiger partial charge on any atom is -0.465 e. The third-order valence-electron chi connectivity index (χ3n) is 4.87. The van der Waals surface area contributed by atoms with Gasteiger partial charge in [0.05, 0.1) is 19.2 Å². The molecule has 0 aliphatic carbocycles. The van der Waals surface area contributed by atoms with Gasteiger partial charge in [0.1, 0.15) is 5.00 Å². The van der Waals surface area contributed by atoms with Crippen molar-refractivity contribution in [3.63, 3.8) is 0 Å². The van der Waals surface area contributed by atoms with Gasteiger partial charge in [-0.1, -0.05) is 29.8 Å². The Hall–Kier alpha value is -2.22. The second-order valence-corrected chi connectivity index (χ2v) is 8.43. The van der Waals surface area contributed by atoms with Gasteiger partial charge in [-0.15, -0.1) is 11.3 Å². The predicted octanol–water partition coefficient (Wildman–Crippen LogP) is 2.91. The first kappa shape index (κ1) is 20.5. The molecular formula is C21H27N3O3S.